The molecule has 7 heteroatoms. The molecule has 0 fully saturated rings. The third-order valence-electron chi connectivity index (χ3n) is 6.17. The Morgan fingerprint density at radius 3 is 2.22 bits per heavy atom. The zero-order chi connectivity index (χ0) is 26.4. The highest BCUT2D eigenvalue weighted by Gasteiger charge is 2.26. The highest BCUT2D eigenvalue weighted by Crippen LogP contribution is 2.39. The van der Waals surface area contributed by atoms with E-state index in [1.54, 1.807) is 12.1 Å². The third kappa shape index (κ3) is 5.88. The van der Waals surface area contributed by atoms with E-state index in [0.29, 0.717) is 61.3 Å². The largest absolute Gasteiger partial charge is 0.490 e. The van der Waals surface area contributed by atoms with Crippen molar-refractivity contribution in [2.75, 3.05) is 31.3 Å². The number of benzene rings is 3. The average molecular weight is 503 g/mol. The number of aryl methyl sites for hydroxylation is 1. The maximum Gasteiger partial charge on any atom is 0.258 e. The Morgan fingerprint density at radius 1 is 0.865 bits per heavy atom. The molecular weight excluding hydrogens is 468 g/mol. The number of hydrogen-bond donors (Lipinski definition) is 1. The van der Waals surface area contributed by atoms with Gasteiger partial charge in [0.15, 0.2) is 11.5 Å². The van der Waals surface area contributed by atoms with Gasteiger partial charge in [-0.1, -0.05) is 29.8 Å². The van der Waals surface area contributed by atoms with Crippen LogP contribution in [-0.2, 0) is 13.0 Å². The van der Waals surface area contributed by atoms with Crippen LogP contribution in [0, 0.1) is 6.92 Å². The molecule has 0 aromatic heterocycles. The molecule has 3 aromatic carbocycles. The molecule has 0 radical (unpaired) electrons. The summed E-state index contributed by atoms with van der Waals surface area (Å²) in [6.45, 7) is 9.98. The zero-order valence-corrected chi connectivity index (χ0v) is 21.9. The maximum absolute atomic E-state index is 13.1. The van der Waals surface area contributed by atoms with Gasteiger partial charge in [0.05, 0.1) is 19.8 Å². The first-order chi connectivity index (χ1) is 17.9. The van der Waals surface area contributed by atoms with Crippen molar-refractivity contribution in [1.82, 2.24) is 5.32 Å². The van der Waals surface area contributed by atoms with Gasteiger partial charge in [0.2, 0.25) is 5.75 Å². The van der Waals surface area contributed by atoms with Gasteiger partial charge in [-0.3, -0.25) is 9.59 Å². The van der Waals surface area contributed by atoms with Gasteiger partial charge in [-0.05, 0) is 75.6 Å². The number of carbonyl (C=O) groups is 2. The highest BCUT2D eigenvalue weighted by atomic mass is 16.5. The van der Waals surface area contributed by atoms with Crippen LogP contribution in [0.15, 0.2) is 54.6 Å². The van der Waals surface area contributed by atoms with Crippen LogP contribution in [0.2, 0.25) is 0 Å². The second-order valence-corrected chi connectivity index (χ2v) is 8.82. The van der Waals surface area contributed by atoms with Gasteiger partial charge >= 0.3 is 0 Å². The first-order valence-electron chi connectivity index (χ1n) is 12.8. The van der Waals surface area contributed by atoms with Crippen LogP contribution in [0.5, 0.6) is 17.2 Å². The third-order valence-corrected chi connectivity index (χ3v) is 6.17. The number of fused-ring (bicyclic) bond motifs is 1. The smallest absolute Gasteiger partial charge is 0.258 e. The standard InChI is InChI=1S/C30H34N2O5/c1-5-35-26-17-24(18-27(36-6-2)28(26)37-7-3)29(33)31-19-21-11-12-25-22(16-21)13-14-32(25)30(34)23-10-8-9-20(4)15-23/h8-12,15-18H,5-7,13-14,19H2,1-4H3,(H,31,33). The number of anilines is 1. The number of nitrogens with one attached hydrogen (secondary N) is 1. The minimum Gasteiger partial charge on any atom is -0.490 e. The summed E-state index contributed by atoms with van der Waals surface area (Å²) in [6, 6.07) is 17.0. The van der Waals surface area contributed by atoms with Gasteiger partial charge in [-0.15, -0.1) is 0 Å². The fourth-order valence-electron chi connectivity index (χ4n) is 4.51. The van der Waals surface area contributed by atoms with E-state index >= 15 is 0 Å². The number of nitrogens with zero attached hydrogens (tertiary/aromatic N) is 1. The summed E-state index contributed by atoms with van der Waals surface area (Å²) in [7, 11) is 0. The molecule has 37 heavy (non-hydrogen) atoms. The van der Waals surface area contributed by atoms with Gasteiger partial charge in [0.25, 0.3) is 11.8 Å². The molecular formula is C30H34N2O5. The summed E-state index contributed by atoms with van der Waals surface area (Å²) < 4.78 is 17.2. The SMILES string of the molecule is CCOc1cc(C(=O)NCc2ccc3c(c2)CCN3C(=O)c2cccc(C)c2)cc(OCC)c1OCC. The molecule has 3 aromatic rings. The average Bonchev–Trinajstić information content (AvgIpc) is 3.32. The van der Waals surface area contributed by atoms with E-state index in [4.69, 9.17) is 14.2 Å². The summed E-state index contributed by atoms with van der Waals surface area (Å²) in [5.74, 6) is 1.25. The Balaban J connectivity index is 1.47. The number of rotatable bonds is 10. The number of carbonyl (C=O) groups excluding carboxylic acids is 2. The summed E-state index contributed by atoms with van der Waals surface area (Å²) in [5.41, 5.74) is 5.19. The van der Waals surface area contributed by atoms with Crippen LogP contribution in [0.3, 0.4) is 0 Å². The number of ether oxygens (including phenoxy) is 3. The van der Waals surface area contributed by atoms with Crippen molar-refractivity contribution in [3.63, 3.8) is 0 Å². The van der Waals surface area contributed by atoms with Crippen molar-refractivity contribution in [1.29, 1.82) is 0 Å². The van der Waals surface area contributed by atoms with Crippen molar-refractivity contribution in [2.45, 2.75) is 40.7 Å². The molecule has 1 N–H and O–H groups in total. The van der Waals surface area contributed by atoms with Crippen molar-refractivity contribution in [2.24, 2.45) is 0 Å². The van der Waals surface area contributed by atoms with Crippen LogP contribution in [-0.4, -0.2) is 38.2 Å². The molecule has 0 spiro atoms. The lowest BCUT2D eigenvalue weighted by Crippen LogP contribution is -2.28. The molecule has 1 aliphatic rings. The predicted octanol–water partition coefficient (Wildman–Crippen LogP) is 5.32. The lowest BCUT2D eigenvalue weighted by Gasteiger charge is -2.18. The summed E-state index contributed by atoms with van der Waals surface area (Å²) >= 11 is 0. The quantitative estimate of drug-likeness (QED) is 0.406. The first kappa shape index (κ1) is 26.1. The lowest BCUT2D eigenvalue weighted by atomic mass is 10.1. The van der Waals surface area contributed by atoms with Crippen LogP contribution >= 0.6 is 0 Å². The Bertz CT molecular complexity index is 1260. The van der Waals surface area contributed by atoms with Crippen molar-refractivity contribution in [3.05, 3.63) is 82.4 Å². The van der Waals surface area contributed by atoms with E-state index in [2.05, 4.69) is 11.4 Å². The van der Waals surface area contributed by atoms with Crippen LogP contribution in [0.25, 0.3) is 0 Å². The van der Waals surface area contributed by atoms with Gasteiger partial charge in [0.1, 0.15) is 0 Å². The highest BCUT2D eigenvalue weighted by molar-refractivity contribution is 6.07. The molecule has 4 rings (SSSR count). The second kappa shape index (κ2) is 11.8. The molecule has 7 nitrogen and oxygen atoms in total. The lowest BCUT2D eigenvalue weighted by molar-refractivity contribution is 0.0948. The monoisotopic (exact) mass is 502 g/mol. The van der Waals surface area contributed by atoms with Crippen LogP contribution in [0.4, 0.5) is 5.69 Å². The maximum atomic E-state index is 13.1. The summed E-state index contributed by atoms with van der Waals surface area (Å²) in [5, 5.41) is 2.99. The number of amides is 2. The van der Waals surface area contributed by atoms with Crippen LogP contribution < -0.4 is 24.4 Å². The molecule has 0 bridgehead atoms. The first-order valence-corrected chi connectivity index (χ1v) is 12.8. The van der Waals surface area contributed by atoms with Gasteiger partial charge in [0, 0.05) is 29.9 Å². The molecule has 0 aliphatic carbocycles. The summed E-state index contributed by atoms with van der Waals surface area (Å²) in [6.07, 6.45) is 0.781. The molecule has 1 aliphatic heterocycles. The predicted molar refractivity (Wildman–Crippen MR) is 144 cm³/mol. The fraction of sp³-hybridized carbons (Fsp3) is 0.333. The van der Waals surface area contributed by atoms with Crippen molar-refractivity contribution in [3.8, 4) is 17.2 Å². The molecule has 1 heterocycles. The molecule has 194 valence electrons. The van der Waals surface area contributed by atoms with Crippen LogP contribution in [0.1, 0.15) is 58.2 Å². The normalized spacial score (nSPS) is 12.2. The van der Waals surface area contributed by atoms with E-state index in [1.165, 1.54) is 0 Å². The molecule has 0 unspecified atom stereocenters. The van der Waals surface area contributed by atoms with Gasteiger partial charge in [-0.2, -0.15) is 0 Å². The Hall–Kier alpha value is -4.00. The Labute approximate surface area is 218 Å². The van der Waals surface area contributed by atoms with E-state index < -0.39 is 0 Å². The second-order valence-electron chi connectivity index (χ2n) is 8.82. The van der Waals surface area contributed by atoms with E-state index in [1.807, 2.05) is 69.0 Å². The topological polar surface area (TPSA) is 77.1 Å². The van der Waals surface area contributed by atoms with E-state index in [9.17, 15) is 9.59 Å². The van der Waals surface area contributed by atoms with Crippen molar-refractivity contribution >= 4 is 17.5 Å². The molecule has 0 saturated heterocycles. The number of hydrogen-bond acceptors (Lipinski definition) is 5. The minimum absolute atomic E-state index is 0.00853. The van der Waals surface area contributed by atoms with E-state index in [0.717, 1.165) is 28.8 Å². The fourth-order valence-corrected chi connectivity index (χ4v) is 4.51. The molecule has 2 amide bonds. The summed E-state index contributed by atoms with van der Waals surface area (Å²) in [4.78, 5) is 27.9. The van der Waals surface area contributed by atoms with Crippen molar-refractivity contribution < 1.29 is 23.8 Å². The van der Waals surface area contributed by atoms with Gasteiger partial charge in [-0.25, -0.2) is 0 Å². The Morgan fingerprint density at radius 2 is 1.57 bits per heavy atom. The molecule has 0 atom stereocenters. The Kier molecular flexibility index (Phi) is 8.33. The zero-order valence-electron chi connectivity index (χ0n) is 21.9. The van der Waals surface area contributed by atoms with E-state index in [-0.39, 0.29) is 11.8 Å². The minimum atomic E-state index is -0.235. The molecule has 0 saturated carbocycles. The van der Waals surface area contributed by atoms with Gasteiger partial charge < -0.3 is 24.4 Å².